The van der Waals surface area contributed by atoms with Gasteiger partial charge in [0.1, 0.15) is 0 Å². The standard InChI is InChI=1S/C21H6Cl4I6N2O8/c1-2(34)41-15(20(39)32-13-9(28)3(16(22)35)7(26)4(10(13)29)17(23)36)21(40)33-14-11(30)5(18(24)37)8(27)6(12(14)31)19(25)38/h15H,1H3,(H,32,39)(H,33,40). The summed E-state index contributed by atoms with van der Waals surface area (Å²) in [6.07, 6.45) is -2.14. The highest BCUT2D eigenvalue weighted by molar-refractivity contribution is 14.1. The number of amides is 2. The molecule has 218 valence electrons. The van der Waals surface area contributed by atoms with Crippen LogP contribution < -0.4 is 10.6 Å². The zero-order valence-electron chi connectivity index (χ0n) is 19.1. The van der Waals surface area contributed by atoms with Gasteiger partial charge in [0.05, 0.1) is 47.9 Å². The van der Waals surface area contributed by atoms with Crippen LogP contribution in [-0.2, 0) is 19.1 Å². The molecule has 2 aromatic carbocycles. The van der Waals surface area contributed by atoms with Gasteiger partial charge in [0.25, 0.3) is 38.9 Å². The van der Waals surface area contributed by atoms with Gasteiger partial charge in [-0.3, -0.25) is 33.6 Å². The van der Waals surface area contributed by atoms with Crippen LogP contribution in [0.3, 0.4) is 0 Å². The lowest BCUT2D eigenvalue weighted by Gasteiger charge is -2.21. The first-order valence-electron chi connectivity index (χ1n) is 9.84. The highest BCUT2D eigenvalue weighted by atomic mass is 127. The molecule has 0 heterocycles. The summed E-state index contributed by atoms with van der Waals surface area (Å²) in [6.45, 7) is 0.952. The Morgan fingerprint density at radius 1 is 0.537 bits per heavy atom. The summed E-state index contributed by atoms with van der Waals surface area (Å²) in [5.74, 6) is -3.39. The van der Waals surface area contributed by atoms with Gasteiger partial charge in [-0.15, -0.1) is 0 Å². The second-order valence-corrected chi connectivity index (χ2v) is 15.0. The van der Waals surface area contributed by atoms with E-state index in [1.807, 2.05) is 0 Å². The average Bonchev–Trinajstić information content (AvgIpc) is 2.81. The summed E-state index contributed by atoms with van der Waals surface area (Å²) < 4.78 is 5.73. The first kappa shape index (κ1) is 38.3. The fourth-order valence-electron chi connectivity index (χ4n) is 3.01. The zero-order chi connectivity index (χ0) is 31.7. The summed E-state index contributed by atoms with van der Waals surface area (Å²) in [5.41, 5.74) is -0.696. The predicted molar refractivity (Wildman–Crippen MR) is 203 cm³/mol. The number of hydrogen-bond acceptors (Lipinski definition) is 8. The Hall–Kier alpha value is 1.07. The Morgan fingerprint density at radius 3 is 0.976 bits per heavy atom. The van der Waals surface area contributed by atoms with Gasteiger partial charge in [0.2, 0.25) is 0 Å². The van der Waals surface area contributed by atoms with E-state index in [1.165, 1.54) is 0 Å². The molecule has 41 heavy (non-hydrogen) atoms. The lowest BCUT2D eigenvalue weighted by molar-refractivity contribution is -0.156. The van der Waals surface area contributed by atoms with Crippen LogP contribution >= 0.6 is 182 Å². The number of hydrogen-bond donors (Lipinski definition) is 2. The quantitative estimate of drug-likeness (QED) is 0.115. The number of carbonyl (C=O) groups is 7. The van der Waals surface area contributed by atoms with Crippen LogP contribution in [0.25, 0.3) is 0 Å². The van der Waals surface area contributed by atoms with Crippen LogP contribution in [0.4, 0.5) is 11.4 Å². The van der Waals surface area contributed by atoms with Crippen LogP contribution in [0, 0.1) is 21.4 Å². The minimum Gasteiger partial charge on any atom is -0.442 e. The van der Waals surface area contributed by atoms with Crippen LogP contribution in [0.2, 0.25) is 0 Å². The lowest BCUT2D eigenvalue weighted by atomic mass is 10.1. The fraction of sp³-hybridized carbons (Fsp3) is 0.0952. The maximum Gasteiger partial charge on any atom is 0.303 e. The van der Waals surface area contributed by atoms with Crippen molar-refractivity contribution >= 4 is 232 Å². The molecule has 0 aliphatic heterocycles. The third kappa shape index (κ3) is 8.66. The number of nitrogens with one attached hydrogen (secondary N) is 2. The molecule has 0 aromatic heterocycles. The Balaban J connectivity index is 2.68. The van der Waals surface area contributed by atoms with E-state index in [9.17, 15) is 33.6 Å². The zero-order valence-corrected chi connectivity index (χ0v) is 35.1. The molecule has 0 spiro atoms. The predicted octanol–water partition coefficient (Wildman–Crippen LogP) is 7.34. The Bertz CT molecular complexity index is 1400. The van der Waals surface area contributed by atoms with Gasteiger partial charge < -0.3 is 15.4 Å². The maximum atomic E-state index is 13.4. The van der Waals surface area contributed by atoms with Crippen molar-refractivity contribution in [1.29, 1.82) is 0 Å². The van der Waals surface area contributed by atoms with Crippen LogP contribution in [0.1, 0.15) is 48.4 Å². The van der Waals surface area contributed by atoms with Gasteiger partial charge in [-0.2, -0.15) is 0 Å². The Labute approximate surface area is 332 Å². The van der Waals surface area contributed by atoms with Gasteiger partial charge in [-0.1, -0.05) is 0 Å². The average molecular weight is 1320 g/mol. The summed E-state index contributed by atoms with van der Waals surface area (Å²) in [4.78, 5) is 87.1. The molecule has 2 amide bonds. The molecular formula is C21H6Cl4I6N2O8. The molecule has 0 radical (unpaired) electrons. The third-order valence-electron chi connectivity index (χ3n) is 4.68. The fourth-order valence-corrected chi connectivity index (χ4v) is 13.9. The molecule has 0 atom stereocenters. The molecule has 0 bridgehead atoms. The smallest absolute Gasteiger partial charge is 0.303 e. The van der Waals surface area contributed by atoms with E-state index >= 15 is 0 Å². The first-order valence-corrected chi connectivity index (χ1v) is 17.8. The number of benzene rings is 2. The van der Waals surface area contributed by atoms with Crippen molar-refractivity contribution < 1.29 is 38.3 Å². The second kappa shape index (κ2) is 16.1. The van der Waals surface area contributed by atoms with Crippen molar-refractivity contribution in [3.05, 3.63) is 43.7 Å². The van der Waals surface area contributed by atoms with Crippen molar-refractivity contribution in [3.63, 3.8) is 0 Å². The molecule has 2 aromatic rings. The van der Waals surface area contributed by atoms with Crippen molar-refractivity contribution in [2.45, 2.75) is 13.0 Å². The largest absolute Gasteiger partial charge is 0.442 e. The molecule has 0 saturated heterocycles. The number of esters is 1. The molecule has 0 aliphatic rings. The van der Waals surface area contributed by atoms with Crippen LogP contribution in [0.5, 0.6) is 0 Å². The van der Waals surface area contributed by atoms with E-state index in [2.05, 4.69) is 10.6 Å². The molecule has 0 aliphatic carbocycles. The van der Waals surface area contributed by atoms with Crippen molar-refractivity contribution in [2.24, 2.45) is 0 Å². The van der Waals surface area contributed by atoms with E-state index in [4.69, 9.17) is 51.1 Å². The van der Waals surface area contributed by atoms with Gasteiger partial charge in [0, 0.05) is 14.1 Å². The molecule has 0 saturated carbocycles. The summed E-state index contributed by atoms with van der Waals surface area (Å²) in [7, 11) is 0. The van der Waals surface area contributed by atoms with Gasteiger partial charge >= 0.3 is 5.97 Å². The topological polar surface area (TPSA) is 153 Å². The summed E-state index contributed by atoms with van der Waals surface area (Å²) in [5, 5.41) is 0.996. The monoisotopic (exact) mass is 1320 g/mol. The lowest BCUT2D eigenvalue weighted by Crippen LogP contribution is -2.42. The van der Waals surface area contributed by atoms with E-state index in [0.29, 0.717) is 0 Å². The summed E-state index contributed by atoms with van der Waals surface area (Å²) >= 11 is 33.1. The van der Waals surface area contributed by atoms with Gasteiger partial charge in [0.15, 0.2) is 0 Å². The van der Waals surface area contributed by atoms with Gasteiger partial charge in [-0.05, 0) is 182 Å². The highest BCUT2D eigenvalue weighted by Gasteiger charge is 2.35. The number of halogens is 10. The summed E-state index contributed by atoms with van der Waals surface area (Å²) in [6, 6.07) is 0. The molecular weight excluding hydrogens is 1310 g/mol. The number of rotatable bonds is 9. The second-order valence-electron chi connectivity index (χ2n) is 7.20. The molecule has 0 unspecified atom stereocenters. The molecule has 2 rings (SSSR count). The maximum absolute atomic E-state index is 13.4. The van der Waals surface area contributed by atoms with E-state index in [0.717, 1.165) is 6.92 Å². The van der Waals surface area contributed by atoms with Crippen molar-refractivity contribution in [1.82, 2.24) is 0 Å². The molecule has 20 heteroatoms. The number of carbonyl (C=O) groups excluding carboxylic acids is 7. The third-order valence-corrected chi connectivity index (χ3v) is 11.9. The highest BCUT2D eigenvalue weighted by Crippen LogP contribution is 2.39. The van der Waals surface area contributed by atoms with E-state index in [-0.39, 0.29) is 55.0 Å². The van der Waals surface area contributed by atoms with Crippen LogP contribution in [0.15, 0.2) is 0 Å². The minimum absolute atomic E-state index is 0.0990. The SMILES string of the molecule is CC(=O)OC(C(=O)Nc1c(I)c(C(=O)Cl)c(I)c(C(=O)Cl)c1I)C(=O)Nc1c(I)c(C(=O)Cl)c(I)c(C(=O)Cl)c1I. The Kier molecular flexibility index (Phi) is 15.0. The first-order chi connectivity index (χ1) is 18.8. The van der Waals surface area contributed by atoms with Crippen molar-refractivity contribution in [3.8, 4) is 0 Å². The molecule has 0 fully saturated rings. The molecule has 10 nitrogen and oxygen atoms in total. The minimum atomic E-state index is -2.14. The van der Waals surface area contributed by atoms with Crippen molar-refractivity contribution in [2.75, 3.05) is 10.6 Å². The molecule has 2 N–H and O–H groups in total. The number of anilines is 2. The van der Waals surface area contributed by atoms with E-state index in [1.54, 1.807) is 136 Å². The van der Waals surface area contributed by atoms with Gasteiger partial charge in [-0.25, -0.2) is 0 Å². The number of ether oxygens (including phenoxy) is 1. The normalized spacial score (nSPS) is 10.7. The van der Waals surface area contributed by atoms with Crippen LogP contribution in [-0.4, -0.2) is 44.9 Å². The Morgan fingerprint density at radius 2 is 0.780 bits per heavy atom. The van der Waals surface area contributed by atoms with E-state index < -0.39 is 44.9 Å².